The third-order valence-corrected chi connectivity index (χ3v) is 7.06. The molecule has 38 heavy (non-hydrogen) atoms. The number of amides is 3. The Kier molecular flexibility index (Phi) is 6.18. The van der Waals surface area contributed by atoms with Gasteiger partial charge in [0.25, 0.3) is 0 Å². The summed E-state index contributed by atoms with van der Waals surface area (Å²) in [4.78, 5) is 50.2. The lowest BCUT2D eigenvalue weighted by Crippen LogP contribution is -2.55. The van der Waals surface area contributed by atoms with E-state index in [4.69, 9.17) is 14.5 Å². The van der Waals surface area contributed by atoms with Crippen LogP contribution in [0.25, 0.3) is 16.8 Å². The van der Waals surface area contributed by atoms with Gasteiger partial charge in [0, 0.05) is 51.1 Å². The van der Waals surface area contributed by atoms with Gasteiger partial charge in [-0.2, -0.15) is 5.10 Å². The van der Waals surface area contributed by atoms with Crippen molar-refractivity contribution in [3.05, 3.63) is 36.8 Å². The number of nitrogens with zero attached hydrogens (tertiary/aromatic N) is 7. The van der Waals surface area contributed by atoms with Crippen molar-refractivity contribution in [1.29, 1.82) is 0 Å². The van der Waals surface area contributed by atoms with E-state index < -0.39 is 12.2 Å². The molecular formula is C25H28N8O5. The summed E-state index contributed by atoms with van der Waals surface area (Å²) in [5.74, 6) is 1.20. The van der Waals surface area contributed by atoms with Crippen LogP contribution in [0.3, 0.4) is 0 Å². The third-order valence-electron chi connectivity index (χ3n) is 7.06. The molecule has 3 aliphatic heterocycles. The number of nitrogens with one attached hydrogen (secondary N) is 1. The minimum atomic E-state index is -0.406. The highest BCUT2D eigenvalue weighted by molar-refractivity contribution is 5.81. The number of fused-ring (bicyclic) bond motifs is 1. The lowest BCUT2D eigenvalue weighted by atomic mass is 10.1. The van der Waals surface area contributed by atoms with Gasteiger partial charge >= 0.3 is 6.09 Å². The van der Waals surface area contributed by atoms with Crippen molar-refractivity contribution in [2.45, 2.75) is 25.6 Å². The molecule has 198 valence electrons. The van der Waals surface area contributed by atoms with E-state index in [1.54, 1.807) is 33.6 Å². The number of aromatic nitrogens is 4. The van der Waals surface area contributed by atoms with E-state index in [1.807, 2.05) is 24.4 Å². The highest BCUT2D eigenvalue weighted by atomic mass is 16.6. The summed E-state index contributed by atoms with van der Waals surface area (Å²) >= 11 is 0. The van der Waals surface area contributed by atoms with Crippen molar-refractivity contribution in [1.82, 2.24) is 34.7 Å². The maximum Gasteiger partial charge on any atom is 0.410 e. The van der Waals surface area contributed by atoms with Crippen LogP contribution in [0.2, 0.25) is 0 Å². The summed E-state index contributed by atoms with van der Waals surface area (Å²) in [5.41, 5.74) is 2.24. The van der Waals surface area contributed by atoms with Gasteiger partial charge < -0.3 is 29.5 Å². The van der Waals surface area contributed by atoms with Gasteiger partial charge in [-0.25, -0.2) is 19.3 Å². The van der Waals surface area contributed by atoms with E-state index in [0.717, 1.165) is 16.9 Å². The predicted octanol–water partition coefficient (Wildman–Crippen LogP) is 0.548. The van der Waals surface area contributed by atoms with Gasteiger partial charge in [-0.1, -0.05) is 0 Å². The molecule has 1 atom stereocenters. The first-order valence-electron chi connectivity index (χ1n) is 12.6. The van der Waals surface area contributed by atoms with Crippen LogP contribution in [-0.4, -0.2) is 105 Å². The molecule has 0 aliphatic carbocycles. The molecule has 0 bridgehead atoms. The number of carbonyl (C=O) groups is 3. The molecule has 3 fully saturated rings. The topological polar surface area (TPSA) is 134 Å². The quantitative estimate of drug-likeness (QED) is 0.512. The van der Waals surface area contributed by atoms with Crippen LogP contribution in [0.4, 0.5) is 10.6 Å². The lowest BCUT2D eigenvalue weighted by molar-refractivity contribution is -0.137. The molecule has 3 saturated heterocycles. The van der Waals surface area contributed by atoms with Gasteiger partial charge in [-0.3, -0.25) is 9.59 Å². The number of rotatable bonds is 5. The van der Waals surface area contributed by atoms with E-state index >= 15 is 0 Å². The highest BCUT2D eigenvalue weighted by Gasteiger charge is 2.32. The molecule has 13 nitrogen and oxygen atoms in total. The number of piperazine rings is 1. The Bertz CT molecular complexity index is 1380. The molecule has 1 N–H and O–H groups in total. The summed E-state index contributed by atoms with van der Waals surface area (Å²) in [6.45, 7) is 5.17. The first kappa shape index (κ1) is 23.9. The van der Waals surface area contributed by atoms with Crippen LogP contribution < -0.4 is 15.0 Å². The second kappa shape index (κ2) is 9.80. The van der Waals surface area contributed by atoms with Crippen LogP contribution in [0.15, 0.2) is 36.8 Å². The molecule has 3 aromatic rings. The van der Waals surface area contributed by atoms with Crippen LogP contribution in [0.1, 0.15) is 13.3 Å². The molecule has 13 heteroatoms. The second-order valence-electron chi connectivity index (χ2n) is 9.62. The van der Waals surface area contributed by atoms with E-state index in [9.17, 15) is 14.4 Å². The van der Waals surface area contributed by atoms with E-state index in [1.165, 1.54) is 0 Å². The summed E-state index contributed by atoms with van der Waals surface area (Å²) in [6, 6.07) is 5.67. The van der Waals surface area contributed by atoms with Gasteiger partial charge in [0.2, 0.25) is 17.7 Å². The highest BCUT2D eigenvalue weighted by Crippen LogP contribution is 2.32. The fourth-order valence-corrected chi connectivity index (χ4v) is 4.84. The number of pyridine rings is 1. The fourth-order valence-electron chi connectivity index (χ4n) is 4.84. The Hall–Kier alpha value is -4.42. The van der Waals surface area contributed by atoms with E-state index in [0.29, 0.717) is 57.3 Å². The van der Waals surface area contributed by atoms with Crippen molar-refractivity contribution in [3.63, 3.8) is 0 Å². The minimum Gasteiger partial charge on any atom is -0.470 e. The zero-order valence-corrected chi connectivity index (χ0v) is 20.9. The largest absolute Gasteiger partial charge is 0.470 e. The average molecular weight is 521 g/mol. The molecule has 6 rings (SSSR count). The molecule has 3 aliphatic rings. The Morgan fingerprint density at radius 1 is 1.05 bits per heavy atom. The molecule has 0 saturated carbocycles. The van der Waals surface area contributed by atoms with Crippen LogP contribution in [0, 0.1) is 0 Å². The zero-order valence-electron chi connectivity index (χ0n) is 20.9. The monoisotopic (exact) mass is 520 g/mol. The number of hydrogen-bond donors (Lipinski definition) is 1. The van der Waals surface area contributed by atoms with Crippen LogP contribution in [-0.2, 0) is 14.3 Å². The Balaban J connectivity index is 1.15. The molecule has 3 aromatic heterocycles. The molecule has 0 spiro atoms. The van der Waals surface area contributed by atoms with E-state index in [-0.39, 0.29) is 24.3 Å². The number of likely N-dealkylation sites (tertiary alicyclic amines) is 1. The van der Waals surface area contributed by atoms with Gasteiger partial charge in [0.15, 0.2) is 5.65 Å². The summed E-state index contributed by atoms with van der Waals surface area (Å²) < 4.78 is 13.3. The Labute approximate surface area is 218 Å². The van der Waals surface area contributed by atoms with Gasteiger partial charge in [0.1, 0.15) is 18.0 Å². The third kappa shape index (κ3) is 4.66. The molecule has 3 amide bonds. The van der Waals surface area contributed by atoms with Crippen LogP contribution >= 0.6 is 0 Å². The number of carbonyl (C=O) groups excluding carboxylic acids is 3. The van der Waals surface area contributed by atoms with Gasteiger partial charge in [-0.05, 0) is 18.2 Å². The SMILES string of the molecule is CC(=O)N1CC(Oc2ncccc2-c2cnn3ccc(N4CCN(C(=O)O[C@@H]5CNC(=O)C5)CC4)nc23)C1. The van der Waals surface area contributed by atoms with Crippen molar-refractivity contribution < 1.29 is 23.9 Å². The molecule has 6 heterocycles. The normalized spacial score (nSPS) is 19.9. The van der Waals surface area contributed by atoms with Crippen LogP contribution in [0.5, 0.6) is 5.88 Å². The average Bonchev–Trinajstić information content (AvgIpc) is 3.51. The minimum absolute atomic E-state index is 0.0331. The maximum absolute atomic E-state index is 12.5. The Morgan fingerprint density at radius 2 is 1.87 bits per heavy atom. The first-order valence-corrected chi connectivity index (χ1v) is 12.6. The molecule has 0 radical (unpaired) electrons. The van der Waals surface area contributed by atoms with Gasteiger partial charge in [0.05, 0.1) is 37.8 Å². The predicted molar refractivity (Wildman–Crippen MR) is 135 cm³/mol. The molecule has 0 aromatic carbocycles. The summed E-state index contributed by atoms with van der Waals surface area (Å²) in [5, 5.41) is 7.14. The number of anilines is 1. The lowest BCUT2D eigenvalue weighted by Gasteiger charge is -2.38. The maximum atomic E-state index is 12.5. The number of ether oxygens (including phenoxy) is 2. The summed E-state index contributed by atoms with van der Waals surface area (Å²) in [7, 11) is 0. The first-order chi connectivity index (χ1) is 18.4. The standard InChI is InChI=1S/C25H28N8O5/c1-16(34)32-14-18(15-32)37-24-19(3-2-5-26-24)20-13-28-33-6-4-21(29-23(20)33)30-7-9-31(10-8-30)25(36)38-17-11-22(35)27-12-17/h2-6,13,17-18H,7-12,14-15H2,1H3,(H,27,35)/t17-/m0/s1. The van der Waals surface area contributed by atoms with Crippen molar-refractivity contribution in [2.75, 3.05) is 50.7 Å². The number of hydrogen-bond acceptors (Lipinski definition) is 9. The van der Waals surface area contributed by atoms with Gasteiger partial charge in [-0.15, -0.1) is 0 Å². The zero-order chi connectivity index (χ0) is 26.2. The fraction of sp³-hybridized carbons (Fsp3) is 0.440. The smallest absolute Gasteiger partial charge is 0.410 e. The second-order valence-corrected chi connectivity index (χ2v) is 9.62. The van der Waals surface area contributed by atoms with E-state index in [2.05, 4.69) is 20.3 Å². The van der Waals surface area contributed by atoms with Crippen molar-refractivity contribution in [2.24, 2.45) is 0 Å². The molecule has 0 unspecified atom stereocenters. The summed E-state index contributed by atoms with van der Waals surface area (Å²) in [6.07, 6.45) is 4.59. The van der Waals surface area contributed by atoms with Crippen molar-refractivity contribution >= 4 is 29.4 Å². The van der Waals surface area contributed by atoms with Crippen molar-refractivity contribution in [3.8, 4) is 17.0 Å². The molecular weight excluding hydrogens is 492 g/mol. The Morgan fingerprint density at radius 3 is 2.61 bits per heavy atom.